The minimum Gasteiger partial charge on any atom is -0.423 e. The first-order valence-electron chi connectivity index (χ1n) is 10.6. The molecule has 2 rings (SSSR count). The van der Waals surface area contributed by atoms with Crippen LogP contribution in [0.1, 0.15) is 12.5 Å². The number of hydrogen-bond donors (Lipinski definition) is 0. The molecule has 0 amide bonds. The number of rotatable bonds is 11. The van der Waals surface area contributed by atoms with Gasteiger partial charge in [0, 0.05) is 42.0 Å². The standard InChI is InChI=1S/C28H22O10/c1-6-24(29)34-19-10-11-22(23(16-19)37-27(32)9-4)38-28(33)17(5)12-18-13-20(35-25(30)7-2)15-21(14-18)36-26(31)8-3/h6-16H,1-4H2,5H3/b17-12+. The SMILES string of the molecule is C=CC(=O)Oc1cc(/C=C(\C)C(=O)Oc2ccc(OC(=O)C=C)cc2OC(=O)C=C)cc(OC(=O)C=C)c1. The lowest BCUT2D eigenvalue weighted by Gasteiger charge is -2.12. The van der Waals surface area contributed by atoms with Crippen LogP contribution in [-0.4, -0.2) is 29.8 Å². The smallest absolute Gasteiger partial charge is 0.339 e. The van der Waals surface area contributed by atoms with Gasteiger partial charge < -0.3 is 23.7 Å². The molecule has 0 fully saturated rings. The van der Waals surface area contributed by atoms with Gasteiger partial charge in [-0.2, -0.15) is 0 Å². The highest BCUT2D eigenvalue weighted by molar-refractivity contribution is 5.95. The Kier molecular flexibility index (Phi) is 10.2. The highest BCUT2D eigenvalue weighted by atomic mass is 16.6. The lowest BCUT2D eigenvalue weighted by Crippen LogP contribution is -2.12. The van der Waals surface area contributed by atoms with Crippen molar-refractivity contribution in [1.29, 1.82) is 0 Å². The first-order chi connectivity index (χ1) is 18.1. The molecule has 0 atom stereocenters. The van der Waals surface area contributed by atoms with Crippen LogP contribution < -0.4 is 23.7 Å². The Hall–Kier alpha value is -5.51. The number of carbonyl (C=O) groups excluding carboxylic acids is 5. The fourth-order valence-electron chi connectivity index (χ4n) is 2.62. The van der Waals surface area contributed by atoms with E-state index in [2.05, 4.69) is 26.3 Å². The minimum atomic E-state index is -0.853. The fraction of sp³-hybridized carbons (Fsp3) is 0.0357. The summed E-state index contributed by atoms with van der Waals surface area (Å²) in [6.07, 6.45) is 5.09. The molecule has 0 aliphatic carbocycles. The van der Waals surface area contributed by atoms with Crippen molar-refractivity contribution in [3.8, 4) is 28.7 Å². The molecule has 0 heterocycles. The van der Waals surface area contributed by atoms with Gasteiger partial charge in [-0.15, -0.1) is 0 Å². The highest BCUT2D eigenvalue weighted by Gasteiger charge is 2.17. The normalized spacial score (nSPS) is 10.3. The van der Waals surface area contributed by atoms with Crippen molar-refractivity contribution in [1.82, 2.24) is 0 Å². The van der Waals surface area contributed by atoms with Crippen molar-refractivity contribution in [2.24, 2.45) is 0 Å². The van der Waals surface area contributed by atoms with Crippen molar-refractivity contribution < 1.29 is 47.7 Å². The number of ether oxygens (including phenoxy) is 5. The molecule has 0 radical (unpaired) electrons. The van der Waals surface area contributed by atoms with E-state index >= 15 is 0 Å². The quantitative estimate of drug-likeness (QED) is 0.244. The second-order valence-electron chi connectivity index (χ2n) is 7.06. The summed E-state index contributed by atoms with van der Waals surface area (Å²) in [7, 11) is 0. The molecule has 10 nitrogen and oxygen atoms in total. The third-order valence-corrected chi connectivity index (χ3v) is 4.26. The molecule has 0 aliphatic rings. The third kappa shape index (κ3) is 8.61. The molecule has 38 heavy (non-hydrogen) atoms. The zero-order valence-electron chi connectivity index (χ0n) is 20.3. The molecule has 0 aromatic heterocycles. The lowest BCUT2D eigenvalue weighted by atomic mass is 10.1. The number of benzene rings is 2. The van der Waals surface area contributed by atoms with E-state index in [1.807, 2.05) is 0 Å². The lowest BCUT2D eigenvalue weighted by molar-refractivity contribution is -0.132. The van der Waals surface area contributed by atoms with Gasteiger partial charge in [-0.1, -0.05) is 26.3 Å². The van der Waals surface area contributed by atoms with Crippen LogP contribution in [0.5, 0.6) is 28.7 Å². The van der Waals surface area contributed by atoms with Gasteiger partial charge in [-0.3, -0.25) is 0 Å². The first kappa shape index (κ1) is 28.7. The van der Waals surface area contributed by atoms with E-state index in [0.29, 0.717) is 5.56 Å². The van der Waals surface area contributed by atoms with Crippen LogP contribution in [0, 0.1) is 0 Å². The summed E-state index contributed by atoms with van der Waals surface area (Å²) in [5.74, 6) is -4.33. The molecular formula is C28H22O10. The van der Waals surface area contributed by atoms with Gasteiger partial charge >= 0.3 is 29.8 Å². The summed E-state index contributed by atoms with van der Waals surface area (Å²) in [4.78, 5) is 59.3. The van der Waals surface area contributed by atoms with Gasteiger partial charge in [0.2, 0.25) is 0 Å². The predicted octanol–water partition coefficient (Wildman–Crippen LogP) is 4.06. The van der Waals surface area contributed by atoms with Crippen LogP contribution >= 0.6 is 0 Å². The van der Waals surface area contributed by atoms with E-state index in [1.54, 1.807) is 0 Å². The summed E-state index contributed by atoms with van der Waals surface area (Å²) >= 11 is 0. The number of carbonyl (C=O) groups is 5. The maximum Gasteiger partial charge on any atom is 0.339 e. The Morgan fingerprint density at radius 2 is 1.05 bits per heavy atom. The predicted molar refractivity (Wildman–Crippen MR) is 135 cm³/mol. The summed E-state index contributed by atoms with van der Waals surface area (Å²) in [5, 5.41) is 0. The minimum absolute atomic E-state index is 0.00122. The maximum absolute atomic E-state index is 12.8. The average molecular weight is 518 g/mol. The monoisotopic (exact) mass is 518 g/mol. The van der Waals surface area contributed by atoms with Crippen LogP contribution in [0.3, 0.4) is 0 Å². The molecule has 0 aliphatic heterocycles. The van der Waals surface area contributed by atoms with Crippen LogP contribution in [0.15, 0.2) is 92.6 Å². The van der Waals surface area contributed by atoms with Crippen molar-refractivity contribution in [3.63, 3.8) is 0 Å². The van der Waals surface area contributed by atoms with Crippen LogP contribution in [0.4, 0.5) is 0 Å². The topological polar surface area (TPSA) is 132 Å². The molecule has 10 heteroatoms. The van der Waals surface area contributed by atoms with Crippen molar-refractivity contribution >= 4 is 35.9 Å². The molecule has 0 saturated carbocycles. The van der Waals surface area contributed by atoms with Crippen molar-refractivity contribution in [2.75, 3.05) is 0 Å². The maximum atomic E-state index is 12.8. The number of hydrogen-bond acceptors (Lipinski definition) is 10. The Balaban J connectivity index is 2.38. The molecule has 0 bridgehead atoms. The molecule has 2 aromatic rings. The van der Waals surface area contributed by atoms with Gasteiger partial charge in [0.15, 0.2) is 11.5 Å². The number of esters is 5. The van der Waals surface area contributed by atoms with Crippen LogP contribution in [0.2, 0.25) is 0 Å². The van der Waals surface area contributed by atoms with Gasteiger partial charge in [-0.25, -0.2) is 24.0 Å². The van der Waals surface area contributed by atoms with E-state index in [-0.39, 0.29) is 34.3 Å². The highest BCUT2D eigenvalue weighted by Crippen LogP contribution is 2.33. The van der Waals surface area contributed by atoms with Gasteiger partial charge in [0.1, 0.15) is 17.2 Å². The van der Waals surface area contributed by atoms with E-state index in [0.717, 1.165) is 24.3 Å². The van der Waals surface area contributed by atoms with E-state index < -0.39 is 29.8 Å². The van der Waals surface area contributed by atoms with Gasteiger partial charge in [-0.05, 0) is 42.8 Å². The fourth-order valence-corrected chi connectivity index (χ4v) is 2.62. The van der Waals surface area contributed by atoms with Gasteiger partial charge in [0.25, 0.3) is 0 Å². The zero-order chi connectivity index (χ0) is 28.2. The molecule has 0 saturated heterocycles. The third-order valence-electron chi connectivity index (χ3n) is 4.26. The molecule has 0 N–H and O–H groups in total. The van der Waals surface area contributed by atoms with Crippen molar-refractivity contribution in [3.05, 3.63) is 98.2 Å². The molecule has 2 aromatic carbocycles. The Morgan fingerprint density at radius 3 is 1.55 bits per heavy atom. The molecule has 0 spiro atoms. The van der Waals surface area contributed by atoms with Crippen molar-refractivity contribution in [2.45, 2.75) is 6.92 Å². The van der Waals surface area contributed by atoms with Crippen LogP contribution in [0.25, 0.3) is 6.08 Å². The molecule has 0 unspecified atom stereocenters. The Labute approximate surface area is 217 Å². The second-order valence-corrected chi connectivity index (χ2v) is 7.06. The summed E-state index contributed by atoms with van der Waals surface area (Å²) in [6, 6.07) is 7.83. The first-order valence-corrected chi connectivity index (χ1v) is 10.6. The van der Waals surface area contributed by atoms with Gasteiger partial charge in [0.05, 0.1) is 0 Å². The van der Waals surface area contributed by atoms with Crippen LogP contribution in [-0.2, 0) is 24.0 Å². The van der Waals surface area contributed by atoms with E-state index in [9.17, 15) is 24.0 Å². The molecular weight excluding hydrogens is 496 g/mol. The van der Waals surface area contributed by atoms with E-state index in [4.69, 9.17) is 23.7 Å². The second kappa shape index (κ2) is 13.5. The Morgan fingerprint density at radius 1 is 0.579 bits per heavy atom. The summed E-state index contributed by atoms with van der Waals surface area (Å²) < 4.78 is 25.6. The average Bonchev–Trinajstić information content (AvgIpc) is 2.89. The summed E-state index contributed by atoms with van der Waals surface area (Å²) in [6.45, 7) is 14.7. The van der Waals surface area contributed by atoms with E-state index in [1.165, 1.54) is 49.4 Å². The molecule has 194 valence electrons. The zero-order valence-corrected chi connectivity index (χ0v) is 20.3. The Bertz CT molecular complexity index is 1320. The summed E-state index contributed by atoms with van der Waals surface area (Å²) in [5.41, 5.74) is 0.368. The largest absolute Gasteiger partial charge is 0.423 e.